The van der Waals surface area contributed by atoms with E-state index in [4.69, 9.17) is 0 Å². The highest BCUT2D eigenvalue weighted by Crippen LogP contribution is 2.12. The molecule has 0 fully saturated rings. The summed E-state index contributed by atoms with van der Waals surface area (Å²) in [4.78, 5) is 13.8. The summed E-state index contributed by atoms with van der Waals surface area (Å²) in [5.41, 5.74) is 2.61. The SMILES string of the molecule is CCc1ccccc1CCn1cnc([N+](=O)[O-])c1. The van der Waals surface area contributed by atoms with Crippen molar-refractivity contribution in [2.75, 3.05) is 0 Å². The van der Waals surface area contributed by atoms with E-state index < -0.39 is 4.92 Å². The summed E-state index contributed by atoms with van der Waals surface area (Å²) in [6.07, 6.45) is 4.83. The van der Waals surface area contributed by atoms with Gasteiger partial charge in [0.1, 0.15) is 6.20 Å². The van der Waals surface area contributed by atoms with Crippen molar-refractivity contribution in [1.29, 1.82) is 0 Å². The molecule has 1 aromatic heterocycles. The monoisotopic (exact) mass is 245 g/mol. The maximum Gasteiger partial charge on any atom is 0.381 e. The van der Waals surface area contributed by atoms with Gasteiger partial charge in [0.25, 0.3) is 0 Å². The predicted octanol–water partition coefficient (Wildman–Crippen LogP) is 2.60. The van der Waals surface area contributed by atoms with Crippen molar-refractivity contribution in [3.05, 3.63) is 58.0 Å². The zero-order valence-electron chi connectivity index (χ0n) is 10.2. The average Bonchev–Trinajstić information content (AvgIpc) is 2.85. The fourth-order valence-electron chi connectivity index (χ4n) is 1.96. The number of benzene rings is 1. The molecule has 94 valence electrons. The summed E-state index contributed by atoms with van der Waals surface area (Å²) in [6.45, 7) is 2.83. The predicted molar refractivity (Wildman–Crippen MR) is 68.4 cm³/mol. The fraction of sp³-hybridized carbons (Fsp3) is 0.308. The number of hydrogen-bond donors (Lipinski definition) is 0. The number of rotatable bonds is 5. The van der Waals surface area contributed by atoms with Crippen LogP contribution in [0.5, 0.6) is 0 Å². The molecule has 0 saturated heterocycles. The lowest BCUT2D eigenvalue weighted by Gasteiger charge is -2.07. The molecule has 0 aliphatic carbocycles. The third-order valence-corrected chi connectivity index (χ3v) is 2.95. The molecule has 2 aromatic rings. The highest BCUT2D eigenvalue weighted by molar-refractivity contribution is 5.27. The molecule has 1 aromatic carbocycles. The third-order valence-electron chi connectivity index (χ3n) is 2.95. The number of aryl methyl sites for hydroxylation is 3. The molecule has 0 atom stereocenters. The molecular weight excluding hydrogens is 230 g/mol. The van der Waals surface area contributed by atoms with Crippen molar-refractivity contribution in [1.82, 2.24) is 9.55 Å². The second kappa shape index (κ2) is 5.44. The first-order valence-corrected chi connectivity index (χ1v) is 5.93. The molecule has 0 radical (unpaired) electrons. The van der Waals surface area contributed by atoms with Crippen LogP contribution in [0.3, 0.4) is 0 Å². The summed E-state index contributed by atoms with van der Waals surface area (Å²) >= 11 is 0. The second-order valence-corrected chi connectivity index (χ2v) is 4.10. The van der Waals surface area contributed by atoms with Crippen LogP contribution in [-0.4, -0.2) is 14.5 Å². The first-order chi connectivity index (χ1) is 8.70. The van der Waals surface area contributed by atoms with Gasteiger partial charge in [0.05, 0.1) is 0 Å². The zero-order chi connectivity index (χ0) is 13.0. The van der Waals surface area contributed by atoms with E-state index in [-0.39, 0.29) is 5.82 Å². The van der Waals surface area contributed by atoms with Crippen molar-refractivity contribution in [2.45, 2.75) is 26.3 Å². The Morgan fingerprint density at radius 3 is 2.67 bits per heavy atom. The van der Waals surface area contributed by atoms with Gasteiger partial charge in [-0.15, -0.1) is 0 Å². The minimum Gasteiger partial charge on any atom is -0.358 e. The van der Waals surface area contributed by atoms with Gasteiger partial charge in [0.2, 0.25) is 6.33 Å². The van der Waals surface area contributed by atoms with Crippen LogP contribution in [0.2, 0.25) is 0 Å². The molecule has 0 saturated carbocycles. The van der Waals surface area contributed by atoms with Gasteiger partial charge >= 0.3 is 5.82 Å². The number of nitrogens with zero attached hydrogens (tertiary/aromatic N) is 3. The minimum absolute atomic E-state index is 0.0984. The first-order valence-electron chi connectivity index (χ1n) is 5.93. The Hall–Kier alpha value is -2.17. The molecule has 0 aliphatic rings. The maximum atomic E-state index is 10.5. The van der Waals surface area contributed by atoms with Crippen LogP contribution in [0.4, 0.5) is 5.82 Å². The van der Waals surface area contributed by atoms with E-state index in [1.54, 1.807) is 4.57 Å². The largest absolute Gasteiger partial charge is 0.381 e. The first kappa shape index (κ1) is 12.3. The van der Waals surface area contributed by atoms with Gasteiger partial charge < -0.3 is 14.7 Å². The van der Waals surface area contributed by atoms with E-state index in [1.807, 2.05) is 12.1 Å². The van der Waals surface area contributed by atoms with E-state index >= 15 is 0 Å². The lowest BCUT2D eigenvalue weighted by Crippen LogP contribution is -2.01. The van der Waals surface area contributed by atoms with Crippen LogP contribution in [0.15, 0.2) is 36.8 Å². The Kier molecular flexibility index (Phi) is 3.72. The van der Waals surface area contributed by atoms with E-state index in [0.717, 1.165) is 12.8 Å². The van der Waals surface area contributed by atoms with E-state index in [9.17, 15) is 10.1 Å². The van der Waals surface area contributed by atoms with E-state index in [0.29, 0.717) is 6.54 Å². The summed E-state index contributed by atoms with van der Waals surface area (Å²) < 4.78 is 1.75. The Morgan fingerprint density at radius 1 is 1.33 bits per heavy atom. The van der Waals surface area contributed by atoms with Crippen LogP contribution in [0.1, 0.15) is 18.1 Å². The molecule has 5 heteroatoms. The molecule has 2 rings (SSSR count). The number of aromatic nitrogens is 2. The highest BCUT2D eigenvalue weighted by atomic mass is 16.6. The lowest BCUT2D eigenvalue weighted by molar-refractivity contribution is -0.389. The molecule has 0 amide bonds. The van der Waals surface area contributed by atoms with Gasteiger partial charge in [-0.25, -0.2) is 0 Å². The van der Waals surface area contributed by atoms with E-state index in [1.165, 1.54) is 23.7 Å². The molecule has 0 bridgehead atoms. The molecule has 0 aliphatic heterocycles. The second-order valence-electron chi connectivity index (χ2n) is 4.10. The molecule has 0 spiro atoms. The van der Waals surface area contributed by atoms with Crippen LogP contribution >= 0.6 is 0 Å². The summed E-state index contributed by atoms with van der Waals surface area (Å²) in [5, 5.41) is 10.5. The maximum absolute atomic E-state index is 10.5. The highest BCUT2D eigenvalue weighted by Gasteiger charge is 2.09. The Bertz CT molecular complexity index is 549. The zero-order valence-corrected chi connectivity index (χ0v) is 10.2. The smallest absolute Gasteiger partial charge is 0.358 e. The van der Waals surface area contributed by atoms with Crippen LogP contribution in [0, 0.1) is 10.1 Å². The van der Waals surface area contributed by atoms with Crippen molar-refractivity contribution in [2.24, 2.45) is 0 Å². The van der Waals surface area contributed by atoms with Crippen molar-refractivity contribution >= 4 is 5.82 Å². The minimum atomic E-state index is -0.476. The van der Waals surface area contributed by atoms with Crippen molar-refractivity contribution in [3.8, 4) is 0 Å². The number of imidazole rings is 1. The van der Waals surface area contributed by atoms with Crippen molar-refractivity contribution in [3.63, 3.8) is 0 Å². The molecule has 0 unspecified atom stereocenters. The summed E-state index contributed by atoms with van der Waals surface area (Å²) in [5.74, 6) is -0.0984. The fourth-order valence-corrected chi connectivity index (χ4v) is 1.96. The lowest BCUT2D eigenvalue weighted by atomic mass is 10.0. The quantitative estimate of drug-likeness (QED) is 0.601. The van der Waals surface area contributed by atoms with Gasteiger partial charge in [-0.1, -0.05) is 31.2 Å². The normalized spacial score (nSPS) is 10.5. The number of nitro groups is 1. The molecular formula is C13H15N3O2. The number of hydrogen-bond acceptors (Lipinski definition) is 3. The third kappa shape index (κ3) is 2.74. The summed E-state index contributed by atoms with van der Waals surface area (Å²) in [7, 11) is 0. The van der Waals surface area contributed by atoms with E-state index in [2.05, 4.69) is 24.0 Å². The van der Waals surface area contributed by atoms with Crippen LogP contribution < -0.4 is 0 Å². The van der Waals surface area contributed by atoms with Crippen LogP contribution in [0.25, 0.3) is 0 Å². The Morgan fingerprint density at radius 2 is 2.06 bits per heavy atom. The Labute approximate surface area is 105 Å². The van der Waals surface area contributed by atoms with Crippen LogP contribution in [-0.2, 0) is 19.4 Å². The van der Waals surface area contributed by atoms with Gasteiger partial charge in [-0.3, -0.25) is 0 Å². The average molecular weight is 245 g/mol. The topological polar surface area (TPSA) is 61.0 Å². The standard InChI is InChI=1S/C13H15N3O2/c1-2-11-5-3-4-6-12(11)7-8-15-9-13(14-10-15)16(17)18/h3-6,9-10H,2,7-8H2,1H3. The Balaban J connectivity index is 2.04. The van der Waals surface area contributed by atoms with Gasteiger partial charge in [-0.05, 0) is 33.9 Å². The molecule has 5 nitrogen and oxygen atoms in total. The summed E-state index contributed by atoms with van der Waals surface area (Å²) in [6, 6.07) is 8.27. The molecule has 1 heterocycles. The molecule has 0 N–H and O–H groups in total. The molecule has 18 heavy (non-hydrogen) atoms. The van der Waals surface area contributed by atoms with Gasteiger partial charge in [-0.2, -0.15) is 0 Å². The van der Waals surface area contributed by atoms with Gasteiger partial charge in [0, 0.05) is 6.54 Å². The van der Waals surface area contributed by atoms with Gasteiger partial charge in [0.15, 0.2) is 0 Å². The van der Waals surface area contributed by atoms with Crippen molar-refractivity contribution < 1.29 is 4.92 Å².